The SMILES string of the molecule is Cc1nc2c(OCc3c(F)cccc3F)cccn2c1C(=O)NCC1(NC(=O)O)CCCC1. The van der Waals surface area contributed by atoms with E-state index in [9.17, 15) is 23.5 Å². The molecule has 3 N–H and O–H groups in total. The van der Waals surface area contributed by atoms with E-state index < -0.39 is 29.2 Å². The number of benzene rings is 1. The van der Waals surface area contributed by atoms with Gasteiger partial charge in [-0.1, -0.05) is 18.9 Å². The van der Waals surface area contributed by atoms with Crippen LogP contribution in [0.1, 0.15) is 47.4 Å². The second-order valence-corrected chi connectivity index (χ2v) is 8.20. The van der Waals surface area contributed by atoms with Gasteiger partial charge in [0.05, 0.1) is 16.8 Å². The van der Waals surface area contributed by atoms with Crippen LogP contribution in [0.15, 0.2) is 36.5 Å². The van der Waals surface area contributed by atoms with E-state index in [1.54, 1.807) is 29.7 Å². The van der Waals surface area contributed by atoms with Crippen molar-refractivity contribution in [3.63, 3.8) is 0 Å². The molecule has 10 heteroatoms. The van der Waals surface area contributed by atoms with Gasteiger partial charge in [0.15, 0.2) is 11.4 Å². The van der Waals surface area contributed by atoms with Gasteiger partial charge in [0.1, 0.15) is 23.9 Å². The van der Waals surface area contributed by atoms with Crippen LogP contribution < -0.4 is 15.4 Å². The Bertz CT molecular complexity index is 1180. The lowest BCUT2D eigenvalue weighted by molar-refractivity contribution is 0.0929. The standard InChI is InChI=1S/C23H24F2N4O4/c1-14-19(21(30)26-13-23(28-22(31)32)9-2-3-10-23)29-11-5-8-18(20(29)27-14)33-12-15-16(24)6-4-7-17(15)25/h4-8,11,28H,2-3,9-10,12-13H2,1H3,(H,26,30)(H,31,32). The molecule has 0 radical (unpaired) electrons. The van der Waals surface area contributed by atoms with Crippen LogP contribution in [0, 0.1) is 18.6 Å². The molecule has 2 heterocycles. The molecule has 0 aliphatic heterocycles. The number of fused-ring (bicyclic) bond motifs is 1. The van der Waals surface area contributed by atoms with Crippen LogP contribution in [0.3, 0.4) is 0 Å². The van der Waals surface area contributed by atoms with Crippen LogP contribution in [0.4, 0.5) is 13.6 Å². The summed E-state index contributed by atoms with van der Waals surface area (Å²) in [6.45, 7) is 1.49. The lowest BCUT2D eigenvalue weighted by Gasteiger charge is -2.29. The lowest BCUT2D eigenvalue weighted by Crippen LogP contribution is -2.53. The molecule has 4 rings (SSSR count). The number of aryl methyl sites for hydroxylation is 1. The second-order valence-electron chi connectivity index (χ2n) is 8.20. The third-order valence-electron chi connectivity index (χ3n) is 5.96. The molecule has 1 saturated carbocycles. The van der Waals surface area contributed by atoms with Gasteiger partial charge >= 0.3 is 6.09 Å². The van der Waals surface area contributed by atoms with Crippen LogP contribution in [-0.4, -0.2) is 38.6 Å². The normalized spacial score (nSPS) is 14.9. The molecule has 1 aliphatic carbocycles. The van der Waals surface area contributed by atoms with Gasteiger partial charge in [-0.25, -0.2) is 18.6 Å². The number of hydrogen-bond acceptors (Lipinski definition) is 4. The fraction of sp³-hybridized carbons (Fsp3) is 0.348. The van der Waals surface area contributed by atoms with Gasteiger partial charge in [-0.3, -0.25) is 9.20 Å². The zero-order valence-electron chi connectivity index (χ0n) is 18.0. The zero-order valence-corrected chi connectivity index (χ0v) is 18.0. The Balaban J connectivity index is 1.55. The van der Waals surface area contributed by atoms with E-state index in [2.05, 4.69) is 15.6 Å². The molecule has 2 aromatic heterocycles. The smallest absolute Gasteiger partial charge is 0.405 e. The van der Waals surface area contributed by atoms with Crippen molar-refractivity contribution in [3.8, 4) is 5.75 Å². The highest BCUT2D eigenvalue weighted by Gasteiger charge is 2.36. The van der Waals surface area contributed by atoms with E-state index in [0.29, 0.717) is 24.2 Å². The van der Waals surface area contributed by atoms with Crippen LogP contribution in [0.5, 0.6) is 5.75 Å². The summed E-state index contributed by atoms with van der Waals surface area (Å²) in [5.74, 6) is -1.56. The fourth-order valence-electron chi connectivity index (χ4n) is 4.32. The molecule has 0 saturated heterocycles. The van der Waals surface area contributed by atoms with Crippen LogP contribution in [0.25, 0.3) is 5.65 Å². The van der Waals surface area contributed by atoms with Gasteiger partial charge in [0.25, 0.3) is 5.91 Å². The number of carbonyl (C=O) groups excluding carboxylic acids is 1. The highest BCUT2D eigenvalue weighted by atomic mass is 19.1. The Labute approximate surface area is 188 Å². The maximum absolute atomic E-state index is 13.9. The first-order valence-corrected chi connectivity index (χ1v) is 10.6. The number of amides is 2. The third-order valence-corrected chi connectivity index (χ3v) is 5.96. The van der Waals surface area contributed by atoms with E-state index in [1.165, 1.54) is 6.07 Å². The summed E-state index contributed by atoms with van der Waals surface area (Å²) < 4.78 is 35.0. The van der Waals surface area contributed by atoms with Crippen molar-refractivity contribution in [1.82, 2.24) is 20.0 Å². The second kappa shape index (κ2) is 9.05. The van der Waals surface area contributed by atoms with Gasteiger partial charge < -0.3 is 20.5 Å². The molecule has 1 aromatic carbocycles. The van der Waals surface area contributed by atoms with Crippen molar-refractivity contribution in [2.75, 3.05) is 6.54 Å². The van der Waals surface area contributed by atoms with Crippen LogP contribution in [0.2, 0.25) is 0 Å². The van der Waals surface area contributed by atoms with E-state index in [1.807, 2.05) is 0 Å². The maximum Gasteiger partial charge on any atom is 0.405 e. The molecule has 3 aromatic rings. The average Bonchev–Trinajstić information content (AvgIpc) is 3.35. The summed E-state index contributed by atoms with van der Waals surface area (Å²) in [4.78, 5) is 28.6. The van der Waals surface area contributed by atoms with Crippen molar-refractivity contribution in [1.29, 1.82) is 0 Å². The minimum Gasteiger partial charge on any atom is -0.485 e. The molecular formula is C23H24F2N4O4. The van der Waals surface area contributed by atoms with Gasteiger partial charge in [0, 0.05) is 12.7 Å². The quantitative estimate of drug-likeness (QED) is 0.499. The van der Waals surface area contributed by atoms with Crippen LogP contribution in [-0.2, 0) is 6.61 Å². The minimum atomic E-state index is -1.12. The number of carbonyl (C=O) groups is 2. The van der Waals surface area contributed by atoms with Gasteiger partial charge in [-0.05, 0) is 44.0 Å². The van der Waals surface area contributed by atoms with Gasteiger partial charge in [0.2, 0.25) is 0 Å². The maximum atomic E-state index is 13.9. The number of nitrogens with one attached hydrogen (secondary N) is 2. The Morgan fingerprint density at radius 3 is 2.55 bits per heavy atom. The molecule has 0 spiro atoms. The van der Waals surface area contributed by atoms with Crippen LogP contribution >= 0.6 is 0 Å². The minimum absolute atomic E-state index is 0.160. The Morgan fingerprint density at radius 2 is 1.88 bits per heavy atom. The Kier molecular flexibility index (Phi) is 6.17. The summed E-state index contributed by atoms with van der Waals surface area (Å²) in [5, 5.41) is 14.6. The van der Waals surface area contributed by atoms with E-state index in [4.69, 9.17) is 4.74 Å². The molecule has 0 bridgehead atoms. The largest absolute Gasteiger partial charge is 0.485 e. The Hall–Kier alpha value is -3.69. The summed E-state index contributed by atoms with van der Waals surface area (Å²) in [6, 6.07) is 6.83. The lowest BCUT2D eigenvalue weighted by atomic mass is 9.97. The summed E-state index contributed by atoms with van der Waals surface area (Å²) >= 11 is 0. The first-order valence-electron chi connectivity index (χ1n) is 10.6. The highest BCUT2D eigenvalue weighted by molar-refractivity contribution is 5.95. The summed E-state index contributed by atoms with van der Waals surface area (Å²) in [5.41, 5.74) is 0.154. The number of pyridine rings is 1. The van der Waals surface area contributed by atoms with Crippen molar-refractivity contribution in [3.05, 3.63) is 65.1 Å². The molecule has 2 amide bonds. The molecule has 0 atom stereocenters. The average molecular weight is 458 g/mol. The molecule has 174 valence electrons. The molecule has 1 aliphatic rings. The molecule has 0 unspecified atom stereocenters. The number of imidazole rings is 1. The number of rotatable bonds is 7. The first kappa shape index (κ1) is 22.5. The predicted octanol–water partition coefficient (Wildman–Crippen LogP) is 3.81. The van der Waals surface area contributed by atoms with Crippen molar-refractivity contribution in [2.45, 2.75) is 44.8 Å². The monoisotopic (exact) mass is 458 g/mol. The van der Waals surface area contributed by atoms with Crippen molar-refractivity contribution in [2.24, 2.45) is 0 Å². The predicted molar refractivity (Wildman–Crippen MR) is 115 cm³/mol. The topological polar surface area (TPSA) is 105 Å². The molecule has 1 fully saturated rings. The van der Waals surface area contributed by atoms with Crippen molar-refractivity contribution < 1.29 is 28.2 Å². The van der Waals surface area contributed by atoms with Crippen molar-refractivity contribution >= 4 is 17.6 Å². The van der Waals surface area contributed by atoms with Gasteiger partial charge in [-0.15, -0.1) is 0 Å². The van der Waals surface area contributed by atoms with E-state index in [0.717, 1.165) is 25.0 Å². The number of ether oxygens (including phenoxy) is 1. The molecule has 33 heavy (non-hydrogen) atoms. The fourth-order valence-corrected chi connectivity index (χ4v) is 4.32. The summed E-state index contributed by atoms with van der Waals surface area (Å²) in [7, 11) is 0. The third kappa shape index (κ3) is 4.59. The number of carboxylic acid groups (broad SMARTS) is 1. The van der Waals surface area contributed by atoms with E-state index >= 15 is 0 Å². The van der Waals surface area contributed by atoms with E-state index in [-0.39, 0.29) is 30.2 Å². The number of halogens is 2. The molecule has 8 nitrogen and oxygen atoms in total. The Morgan fingerprint density at radius 1 is 1.18 bits per heavy atom. The summed E-state index contributed by atoms with van der Waals surface area (Å²) in [6.07, 6.45) is 3.58. The first-order chi connectivity index (χ1) is 15.8. The number of aromatic nitrogens is 2. The molecular weight excluding hydrogens is 434 g/mol. The zero-order chi connectivity index (χ0) is 23.6. The number of hydrogen-bond donors (Lipinski definition) is 3. The highest BCUT2D eigenvalue weighted by Crippen LogP contribution is 2.29. The number of nitrogens with zero attached hydrogens (tertiary/aromatic N) is 2. The van der Waals surface area contributed by atoms with Gasteiger partial charge in [-0.2, -0.15) is 0 Å².